The third-order valence-electron chi connectivity index (χ3n) is 2.10. The number of aromatic nitrogens is 3. The molecule has 0 bridgehead atoms. The Kier molecular flexibility index (Phi) is 3.53. The van der Waals surface area contributed by atoms with Crippen LogP contribution in [0.2, 0.25) is 0 Å². The smallest absolute Gasteiger partial charge is 0.168 e. The van der Waals surface area contributed by atoms with Crippen molar-refractivity contribution in [1.82, 2.24) is 15.0 Å². The summed E-state index contributed by atoms with van der Waals surface area (Å²) in [5, 5.41) is 0. The Morgan fingerprint density at radius 2 is 2.00 bits per heavy atom. The van der Waals surface area contributed by atoms with Crippen molar-refractivity contribution in [2.75, 3.05) is 5.73 Å². The second-order valence-corrected chi connectivity index (χ2v) is 4.32. The topological polar surface area (TPSA) is 73.9 Å². The first kappa shape index (κ1) is 11.8. The maximum Gasteiger partial charge on any atom is 0.168 e. The van der Waals surface area contributed by atoms with Gasteiger partial charge in [-0.3, -0.25) is 0 Å². The van der Waals surface area contributed by atoms with Gasteiger partial charge in [0, 0.05) is 23.1 Å². The Morgan fingerprint density at radius 1 is 1.29 bits per heavy atom. The number of nitrogens with two attached hydrogens (primary N) is 1. The zero-order chi connectivity index (χ0) is 12.3. The van der Waals surface area contributed by atoms with Gasteiger partial charge in [-0.1, -0.05) is 0 Å². The number of nitrogen functional groups attached to an aromatic ring is 1. The van der Waals surface area contributed by atoms with Gasteiger partial charge in [-0.15, -0.1) is 0 Å². The van der Waals surface area contributed by atoms with E-state index in [0.717, 1.165) is 4.47 Å². The third kappa shape index (κ3) is 2.91. The van der Waals surface area contributed by atoms with E-state index in [1.807, 2.05) is 6.92 Å². The first-order valence-corrected chi connectivity index (χ1v) is 5.80. The van der Waals surface area contributed by atoms with Crippen LogP contribution in [0.1, 0.15) is 18.9 Å². The van der Waals surface area contributed by atoms with E-state index < -0.39 is 0 Å². The zero-order valence-corrected chi connectivity index (χ0v) is 10.8. The van der Waals surface area contributed by atoms with Gasteiger partial charge < -0.3 is 10.5 Å². The SMILES string of the molecule is CC(Oc1cc(Br)cnc1N)c1ncccn1. The third-order valence-corrected chi connectivity index (χ3v) is 2.54. The van der Waals surface area contributed by atoms with Crippen LogP contribution >= 0.6 is 15.9 Å². The summed E-state index contributed by atoms with van der Waals surface area (Å²) in [6.45, 7) is 1.86. The lowest BCUT2D eigenvalue weighted by atomic mass is 10.3. The number of hydrogen-bond acceptors (Lipinski definition) is 5. The summed E-state index contributed by atoms with van der Waals surface area (Å²) in [5.74, 6) is 1.46. The second kappa shape index (κ2) is 5.09. The number of pyridine rings is 1. The van der Waals surface area contributed by atoms with Gasteiger partial charge in [0.15, 0.2) is 23.5 Å². The molecule has 0 spiro atoms. The van der Waals surface area contributed by atoms with E-state index in [0.29, 0.717) is 17.4 Å². The predicted octanol–water partition coefficient (Wildman–Crippen LogP) is 2.36. The maximum atomic E-state index is 5.72. The van der Waals surface area contributed by atoms with Crippen LogP contribution in [0.25, 0.3) is 0 Å². The van der Waals surface area contributed by atoms with Crippen LogP contribution in [0.15, 0.2) is 35.2 Å². The summed E-state index contributed by atoms with van der Waals surface area (Å²) in [6, 6.07) is 3.52. The molecular weight excluding hydrogens is 284 g/mol. The Hall–Kier alpha value is -1.69. The molecule has 0 aliphatic carbocycles. The summed E-state index contributed by atoms with van der Waals surface area (Å²) in [4.78, 5) is 12.2. The van der Waals surface area contributed by atoms with Gasteiger partial charge in [0.1, 0.15) is 0 Å². The molecule has 2 aromatic heterocycles. The summed E-state index contributed by atoms with van der Waals surface area (Å²) in [6.07, 6.45) is 4.68. The molecule has 2 heterocycles. The minimum Gasteiger partial charge on any atom is -0.479 e. The van der Waals surface area contributed by atoms with Crippen molar-refractivity contribution in [3.63, 3.8) is 0 Å². The molecule has 2 rings (SSSR count). The highest BCUT2D eigenvalue weighted by Gasteiger charge is 2.12. The van der Waals surface area contributed by atoms with E-state index in [-0.39, 0.29) is 6.10 Å². The number of hydrogen-bond donors (Lipinski definition) is 1. The molecule has 0 radical (unpaired) electrons. The summed E-state index contributed by atoms with van der Waals surface area (Å²) in [5.41, 5.74) is 5.72. The van der Waals surface area contributed by atoms with Gasteiger partial charge in [0.25, 0.3) is 0 Å². The van der Waals surface area contributed by atoms with Crippen molar-refractivity contribution < 1.29 is 4.74 Å². The second-order valence-electron chi connectivity index (χ2n) is 3.40. The lowest BCUT2D eigenvalue weighted by Crippen LogP contribution is -2.09. The fourth-order valence-electron chi connectivity index (χ4n) is 1.29. The van der Waals surface area contributed by atoms with Crippen molar-refractivity contribution in [3.05, 3.63) is 41.0 Å². The summed E-state index contributed by atoms with van der Waals surface area (Å²) < 4.78 is 6.48. The molecule has 0 amide bonds. The molecule has 1 atom stereocenters. The standard InChI is InChI=1S/C11H11BrN4O/c1-7(11-14-3-2-4-15-11)17-9-5-8(12)6-16-10(9)13/h2-7H,1H3,(H2,13,16). The summed E-state index contributed by atoms with van der Waals surface area (Å²) >= 11 is 3.31. The number of nitrogens with zero attached hydrogens (tertiary/aromatic N) is 3. The fraction of sp³-hybridized carbons (Fsp3) is 0.182. The molecule has 0 aliphatic heterocycles. The molecule has 0 saturated heterocycles. The molecule has 0 aliphatic rings. The highest BCUT2D eigenvalue weighted by Crippen LogP contribution is 2.27. The minimum atomic E-state index is -0.283. The summed E-state index contributed by atoms with van der Waals surface area (Å²) in [7, 11) is 0. The fourth-order valence-corrected chi connectivity index (χ4v) is 1.60. The van der Waals surface area contributed by atoms with E-state index >= 15 is 0 Å². The lowest BCUT2D eigenvalue weighted by molar-refractivity contribution is 0.217. The highest BCUT2D eigenvalue weighted by molar-refractivity contribution is 9.10. The van der Waals surface area contributed by atoms with E-state index in [1.165, 1.54) is 0 Å². The number of anilines is 1. The Bertz CT molecular complexity index is 506. The van der Waals surface area contributed by atoms with E-state index in [2.05, 4.69) is 30.9 Å². The Balaban J connectivity index is 2.18. The predicted molar refractivity (Wildman–Crippen MR) is 67.4 cm³/mol. The molecule has 0 fully saturated rings. The monoisotopic (exact) mass is 294 g/mol. The van der Waals surface area contributed by atoms with Gasteiger partial charge in [0.05, 0.1) is 0 Å². The van der Waals surface area contributed by atoms with E-state index in [9.17, 15) is 0 Å². The van der Waals surface area contributed by atoms with Gasteiger partial charge in [-0.2, -0.15) is 0 Å². The van der Waals surface area contributed by atoms with Gasteiger partial charge in [0.2, 0.25) is 0 Å². The van der Waals surface area contributed by atoms with E-state index in [1.54, 1.807) is 30.7 Å². The van der Waals surface area contributed by atoms with Crippen molar-refractivity contribution in [2.24, 2.45) is 0 Å². The minimum absolute atomic E-state index is 0.283. The van der Waals surface area contributed by atoms with Crippen molar-refractivity contribution >= 4 is 21.7 Å². The molecule has 0 aromatic carbocycles. The van der Waals surface area contributed by atoms with Gasteiger partial charge in [-0.05, 0) is 35.0 Å². The Morgan fingerprint density at radius 3 is 2.71 bits per heavy atom. The molecule has 88 valence electrons. The number of rotatable bonds is 3. The lowest BCUT2D eigenvalue weighted by Gasteiger charge is -2.14. The normalized spacial score (nSPS) is 12.1. The quantitative estimate of drug-likeness (QED) is 0.941. The molecule has 1 unspecified atom stereocenters. The molecule has 2 N–H and O–H groups in total. The van der Waals surface area contributed by atoms with Gasteiger partial charge in [-0.25, -0.2) is 15.0 Å². The molecule has 6 heteroatoms. The van der Waals surface area contributed by atoms with Crippen molar-refractivity contribution in [3.8, 4) is 5.75 Å². The molecule has 5 nitrogen and oxygen atoms in total. The molecule has 17 heavy (non-hydrogen) atoms. The van der Waals surface area contributed by atoms with Crippen LogP contribution in [0.5, 0.6) is 5.75 Å². The molecule has 0 saturated carbocycles. The number of ether oxygens (including phenoxy) is 1. The van der Waals surface area contributed by atoms with Gasteiger partial charge >= 0.3 is 0 Å². The maximum absolute atomic E-state index is 5.72. The van der Waals surface area contributed by atoms with Crippen LogP contribution in [-0.4, -0.2) is 15.0 Å². The molecular formula is C11H11BrN4O. The van der Waals surface area contributed by atoms with Crippen LogP contribution in [0.3, 0.4) is 0 Å². The van der Waals surface area contributed by atoms with Crippen LogP contribution < -0.4 is 10.5 Å². The Labute approximate surface area is 107 Å². The van der Waals surface area contributed by atoms with Crippen LogP contribution in [-0.2, 0) is 0 Å². The first-order valence-electron chi connectivity index (χ1n) is 5.01. The van der Waals surface area contributed by atoms with Crippen molar-refractivity contribution in [2.45, 2.75) is 13.0 Å². The van der Waals surface area contributed by atoms with Crippen LogP contribution in [0.4, 0.5) is 5.82 Å². The average molecular weight is 295 g/mol. The first-order chi connectivity index (χ1) is 8.16. The number of halogens is 1. The average Bonchev–Trinajstić information content (AvgIpc) is 2.35. The van der Waals surface area contributed by atoms with E-state index in [4.69, 9.17) is 10.5 Å². The zero-order valence-electron chi connectivity index (χ0n) is 9.17. The van der Waals surface area contributed by atoms with Crippen LogP contribution in [0, 0.1) is 0 Å². The molecule has 2 aromatic rings. The van der Waals surface area contributed by atoms with Crippen molar-refractivity contribution in [1.29, 1.82) is 0 Å². The highest BCUT2D eigenvalue weighted by atomic mass is 79.9. The largest absolute Gasteiger partial charge is 0.479 e.